The first-order valence-electron chi connectivity index (χ1n) is 7.97. The third-order valence-corrected chi connectivity index (χ3v) is 4.90. The Hall–Kier alpha value is -1.20. The molecule has 1 unspecified atom stereocenters. The summed E-state index contributed by atoms with van der Waals surface area (Å²) >= 11 is 0. The van der Waals surface area contributed by atoms with Gasteiger partial charge >= 0.3 is 5.76 Å². The molecule has 1 atom stereocenters. The number of rotatable bonds is 4. The zero-order valence-electron chi connectivity index (χ0n) is 12.2. The molecule has 0 aliphatic heterocycles. The Labute approximate surface area is 122 Å². The van der Waals surface area contributed by atoms with E-state index in [9.17, 15) is 13.6 Å². The van der Waals surface area contributed by atoms with Crippen molar-refractivity contribution in [1.29, 1.82) is 0 Å². The molecule has 2 aliphatic rings. The van der Waals surface area contributed by atoms with Gasteiger partial charge in [-0.2, -0.15) is 0 Å². The molecule has 0 radical (unpaired) electrons. The van der Waals surface area contributed by atoms with Crippen molar-refractivity contribution < 1.29 is 13.3 Å². The lowest BCUT2D eigenvalue weighted by atomic mass is 9.89. The molecule has 0 amide bonds. The van der Waals surface area contributed by atoms with Crippen molar-refractivity contribution >= 4 is 0 Å². The summed E-state index contributed by atoms with van der Waals surface area (Å²) in [6, 6.07) is 0. The summed E-state index contributed by atoms with van der Waals surface area (Å²) in [4.78, 5) is 11.8. The van der Waals surface area contributed by atoms with E-state index in [-0.39, 0.29) is 18.8 Å². The molecule has 3 rings (SSSR count). The van der Waals surface area contributed by atoms with Crippen LogP contribution >= 0.6 is 0 Å². The van der Waals surface area contributed by atoms with E-state index in [2.05, 4.69) is 5.16 Å². The Kier molecular flexibility index (Phi) is 4.13. The van der Waals surface area contributed by atoms with E-state index in [0.29, 0.717) is 31.1 Å². The van der Waals surface area contributed by atoms with Crippen LogP contribution in [-0.4, -0.2) is 15.6 Å². The lowest BCUT2D eigenvalue weighted by Crippen LogP contribution is -2.24. The van der Waals surface area contributed by atoms with Crippen LogP contribution in [0.25, 0.3) is 0 Å². The summed E-state index contributed by atoms with van der Waals surface area (Å²) in [6.45, 7) is 0.626. The minimum Gasteiger partial charge on any atom is -0.296 e. The Morgan fingerprint density at radius 1 is 1.19 bits per heavy atom. The molecule has 0 bridgehead atoms. The van der Waals surface area contributed by atoms with Crippen molar-refractivity contribution in [3.05, 3.63) is 16.4 Å². The van der Waals surface area contributed by atoms with E-state index in [1.165, 1.54) is 19.3 Å². The van der Waals surface area contributed by atoms with Crippen molar-refractivity contribution in [3.8, 4) is 0 Å². The Balaban J connectivity index is 1.67. The van der Waals surface area contributed by atoms with Gasteiger partial charge in [-0.3, -0.25) is 9.09 Å². The van der Waals surface area contributed by atoms with Crippen LogP contribution in [0.1, 0.15) is 57.2 Å². The summed E-state index contributed by atoms with van der Waals surface area (Å²) in [5.41, 5.74) is 0. The first kappa shape index (κ1) is 14.7. The van der Waals surface area contributed by atoms with E-state index in [0.717, 1.165) is 12.8 Å². The quantitative estimate of drug-likeness (QED) is 0.856. The monoisotopic (exact) mass is 300 g/mol. The molecule has 0 saturated heterocycles. The second-order valence-electron chi connectivity index (χ2n) is 6.65. The highest BCUT2D eigenvalue weighted by molar-refractivity contribution is 4.92. The maximum Gasteiger partial charge on any atom is 0.441 e. The van der Waals surface area contributed by atoms with Gasteiger partial charge in [0, 0.05) is 25.8 Å². The van der Waals surface area contributed by atoms with Gasteiger partial charge in [-0.05, 0) is 31.1 Å². The lowest BCUT2D eigenvalue weighted by molar-refractivity contribution is 0.00495. The summed E-state index contributed by atoms with van der Waals surface area (Å²) in [5, 5.41) is 3.82. The standard InChI is InChI=1S/C15H22F2N2O2/c16-15(17)7-6-12(9-15)8-13-18-21-14(20)19(13)10-11-4-2-1-3-5-11/h11-12H,1-10H2. The normalized spacial score (nSPS) is 26.3. The molecule has 1 aromatic rings. The molecule has 0 aromatic carbocycles. The van der Waals surface area contributed by atoms with Crippen molar-refractivity contribution in [2.45, 2.75) is 70.3 Å². The maximum atomic E-state index is 13.3. The summed E-state index contributed by atoms with van der Waals surface area (Å²) in [7, 11) is 0. The Morgan fingerprint density at radius 2 is 1.95 bits per heavy atom. The van der Waals surface area contributed by atoms with Crippen LogP contribution in [0, 0.1) is 11.8 Å². The topological polar surface area (TPSA) is 48.0 Å². The molecule has 6 heteroatoms. The van der Waals surface area contributed by atoms with Crippen LogP contribution in [0.5, 0.6) is 0 Å². The van der Waals surface area contributed by atoms with Gasteiger partial charge in [0.1, 0.15) is 0 Å². The number of aromatic nitrogens is 2. The van der Waals surface area contributed by atoms with E-state index in [4.69, 9.17) is 4.52 Å². The first-order valence-corrected chi connectivity index (χ1v) is 7.97. The largest absolute Gasteiger partial charge is 0.441 e. The van der Waals surface area contributed by atoms with Crippen molar-refractivity contribution in [3.63, 3.8) is 0 Å². The van der Waals surface area contributed by atoms with Gasteiger partial charge in [0.25, 0.3) is 0 Å². The molecular weight excluding hydrogens is 278 g/mol. The Bertz CT molecular complexity index is 532. The van der Waals surface area contributed by atoms with E-state index in [1.807, 2.05) is 0 Å². The average molecular weight is 300 g/mol. The second-order valence-corrected chi connectivity index (χ2v) is 6.65. The third kappa shape index (κ3) is 3.52. The number of halogens is 2. The molecule has 2 saturated carbocycles. The van der Waals surface area contributed by atoms with Crippen LogP contribution in [0.2, 0.25) is 0 Å². The number of hydrogen-bond donors (Lipinski definition) is 0. The van der Waals surface area contributed by atoms with Crippen LogP contribution in [-0.2, 0) is 13.0 Å². The molecule has 21 heavy (non-hydrogen) atoms. The van der Waals surface area contributed by atoms with Crippen molar-refractivity contribution in [2.24, 2.45) is 11.8 Å². The van der Waals surface area contributed by atoms with Crippen LogP contribution < -0.4 is 5.76 Å². The number of hydrogen-bond acceptors (Lipinski definition) is 3. The molecule has 2 fully saturated rings. The molecule has 1 heterocycles. The highest BCUT2D eigenvalue weighted by Crippen LogP contribution is 2.40. The van der Waals surface area contributed by atoms with Gasteiger partial charge in [0.2, 0.25) is 5.92 Å². The van der Waals surface area contributed by atoms with Gasteiger partial charge in [-0.1, -0.05) is 24.4 Å². The lowest BCUT2D eigenvalue weighted by Gasteiger charge is -2.21. The SMILES string of the molecule is O=c1onc(CC2CCC(F)(F)C2)n1CC1CCCCC1. The van der Waals surface area contributed by atoms with Gasteiger partial charge in [-0.25, -0.2) is 13.6 Å². The molecule has 1 aromatic heterocycles. The predicted molar refractivity (Wildman–Crippen MR) is 73.3 cm³/mol. The van der Waals surface area contributed by atoms with Crippen molar-refractivity contribution in [2.75, 3.05) is 0 Å². The second kappa shape index (κ2) is 5.89. The minimum absolute atomic E-state index is 0.0532. The minimum atomic E-state index is -2.55. The molecule has 0 N–H and O–H groups in total. The fourth-order valence-corrected chi connectivity index (χ4v) is 3.73. The average Bonchev–Trinajstić information content (AvgIpc) is 2.96. The van der Waals surface area contributed by atoms with Gasteiger partial charge in [-0.15, -0.1) is 0 Å². The first-order chi connectivity index (χ1) is 10.0. The Morgan fingerprint density at radius 3 is 2.62 bits per heavy atom. The number of alkyl halides is 2. The maximum absolute atomic E-state index is 13.3. The summed E-state index contributed by atoms with van der Waals surface area (Å²) < 4.78 is 32.9. The highest BCUT2D eigenvalue weighted by Gasteiger charge is 2.40. The molecular formula is C15H22F2N2O2. The van der Waals surface area contributed by atoms with Gasteiger partial charge in [0.15, 0.2) is 5.82 Å². The van der Waals surface area contributed by atoms with Crippen LogP contribution in [0.3, 0.4) is 0 Å². The number of nitrogens with zero attached hydrogens (tertiary/aromatic N) is 2. The molecule has 0 spiro atoms. The van der Waals surface area contributed by atoms with E-state index < -0.39 is 11.7 Å². The zero-order chi connectivity index (χ0) is 14.9. The fourth-order valence-electron chi connectivity index (χ4n) is 3.73. The van der Waals surface area contributed by atoms with Crippen LogP contribution in [0.15, 0.2) is 9.32 Å². The smallest absolute Gasteiger partial charge is 0.296 e. The summed E-state index contributed by atoms with van der Waals surface area (Å²) in [5.74, 6) is -2.06. The zero-order valence-corrected chi connectivity index (χ0v) is 12.2. The molecule has 118 valence electrons. The summed E-state index contributed by atoms with van der Waals surface area (Å²) in [6.07, 6.45) is 6.69. The van der Waals surface area contributed by atoms with Gasteiger partial charge < -0.3 is 0 Å². The molecule has 2 aliphatic carbocycles. The molecule has 4 nitrogen and oxygen atoms in total. The van der Waals surface area contributed by atoms with Gasteiger partial charge in [0.05, 0.1) is 0 Å². The predicted octanol–water partition coefficient (Wildman–Crippen LogP) is 3.39. The fraction of sp³-hybridized carbons (Fsp3) is 0.867. The van der Waals surface area contributed by atoms with Crippen LogP contribution in [0.4, 0.5) is 8.78 Å². The van der Waals surface area contributed by atoms with Crippen molar-refractivity contribution in [1.82, 2.24) is 9.72 Å². The van der Waals surface area contributed by atoms with E-state index in [1.54, 1.807) is 4.57 Å². The third-order valence-electron chi connectivity index (χ3n) is 4.90. The van der Waals surface area contributed by atoms with E-state index >= 15 is 0 Å². The highest BCUT2D eigenvalue weighted by atomic mass is 19.3.